The molecule has 0 spiro atoms. The molecule has 1 heterocycles. The van der Waals surface area contributed by atoms with E-state index in [4.69, 9.17) is 0 Å². The van der Waals surface area contributed by atoms with Crippen molar-refractivity contribution in [3.05, 3.63) is 24.3 Å². The minimum absolute atomic E-state index is 0.0400. The zero-order valence-corrected chi connectivity index (χ0v) is 11.3. The molecule has 1 aliphatic heterocycles. The van der Waals surface area contributed by atoms with E-state index < -0.39 is 0 Å². The van der Waals surface area contributed by atoms with Gasteiger partial charge in [0, 0.05) is 32.0 Å². The number of rotatable bonds is 3. The zero-order chi connectivity index (χ0) is 13.1. The number of likely N-dealkylation sites (N-methyl/N-ethyl adjacent to an activating group) is 1. The van der Waals surface area contributed by atoms with Crippen LogP contribution in [0.1, 0.15) is 12.8 Å². The third-order valence-electron chi connectivity index (χ3n) is 3.44. The fourth-order valence-corrected chi connectivity index (χ4v) is 2.34. The minimum atomic E-state index is -0.0400. The monoisotopic (exact) mass is 247 g/mol. The number of hydrogen-bond acceptors (Lipinski definition) is 3. The molecule has 1 aromatic rings. The van der Waals surface area contributed by atoms with Crippen LogP contribution in [-0.2, 0) is 4.79 Å². The van der Waals surface area contributed by atoms with Crippen LogP contribution in [0.2, 0.25) is 0 Å². The van der Waals surface area contributed by atoms with Gasteiger partial charge in [-0.25, -0.2) is 0 Å². The molecule has 0 saturated carbocycles. The van der Waals surface area contributed by atoms with E-state index in [-0.39, 0.29) is 11.9 Å². The molecule has 1 aliphatic rings. The molecule has 0 radical (unpaired) electrons. The SMILES string of the molecule is CNC1CCCN(c2cccc(N(C)C)c2)C1=O. The molecule has 2 rings (SSSR count). The number of nitrogens with one attached hydrogen (secondary N) is 1. The summed E-state index contributed by atoms with van der Waals surface area (Å²) in [5.74, 6) is 0.180. The third-order valence-corrected chi connectivity index (χ3v) is 3.44. The van der Waals surface area contributed by atoms with Gasteiger partial charge in [-0.2, -0.15) is 0 Å². The van der Waals surface area contributed by atoms with Crippen molar-refractivity contribution >= 4 is 17.3 Å². The van der Waals surface area contributed by atoms with Gasteiger partial charge in [-0.1, -0.05) is 6.07 Å². The normalized spacial score (nSPS) is 20.1. The van der Waals surface area contributed by atoms with Crippen LogP contribution in [-0.4, -0.2) is 39.6 Å². The van der Waals surface area contributed by atoms with Gasteiger partial charge in [0.1, 0.15) is 0 Å². The highest BCUT2D eigenvalue weighted by Crippen LogP contribution is 2.24. The van der Waals surface area contributed by atoms with Crippen molar-refractivity contribution in [3.8, 4) is 0 Å². The van der Waals surface area contributed by atoms with Gasteiger partial charge in [0.2, 0.25) is 5.91 Å². The molecule has 4 heteroatoms. The Balaban J connectivity index is 2.25. The van der Waals surface area contributed by atoms with Crippen molar-refractivity contribution in [2.75, 3.05) is 37.5 Å². The quantitative estimate of drug-likeness (QED) is 0.878. The first kappa shape index (κ1) is 12.9. The van der Waals surface area contributed by atoms with Crippen LogP contribution in [0.3, 0.4) is 0 Å². The lowest BCUT2D eigenvalue weighted by atomic mass is 10.0. The second kappa shape index (κ2) is 5.40. The van der Waals surface area contributed by atoms with E-state index in [9.17, 15) is 4.79 Å². The van der Waals surface area contributed by atoms with Crippen LogP contribution in [0.25, 0.3) is 0 Å². The first-order chi connectivity index (χ1) is 8.63. The van der Waals surface area contributed by atoms with Crippen LogP contribution in [0.5, 0.6) is 0 Å². The molecule has 1 atom stereocenters. The number of hydrogen-bond donors (Lipinski definition) is 1. The topological polar surface area (TPSA) is 35.6 Å². The molecular formula is C14H21N3O. The summed E-state index contributed by atoms with van der Waals surface area (Å²) in [4.78, 5) is 16.2. The van der Waals surface area contributed by atoms with Crippen LogP contribution in [0, 0.1) is 0 Å². The molecule has 98 valence electrons. The predicted molar refractivity (Wildman–Crippen MR) is 75.2 cm³/mol. The molecule has 1 unspecified atom stereocenters. The van der Waals surface area contributed by atoms with Gasteiger partial charge in [-0.3, -0.25) is 4.79 Å². The van der Waals surface area contributed by atoms with Crippen molar-refractivity contribution < 1.29 is 4.79 Å². The first-order valence-electron chi connectivity index (χ1n) is 6.39. The second-order valence-electron chi connectivity index (χ2n) is 4.89. The Bertz CT molecular complexity index is 431. The predicted octanol–water partition coefficient (Wildman–Crippen LogP) is 1.47. The van der Waals surface area contributed by atoms with Gasteiger partial charge >= 0.3 is 0 Å². The highest BCUT2D eigenvalue weighted by molar-refractivity contribution is 5.98. The number of amides is 1. The number of nitrogens with zero attached hydrogens (tertiary/aromatic N) is 2. The number of carbonyl (C=O) groups is 1. The van der Waals surface area contributed by atoms with Crippen molar-refractivity contribution in [2.24, 2.45) is 0 Å². The minimum Gasteiger partial charge on any atom is -0.378 e. The van der Waals surface area contributed by atoms with E-state index in [1.165, 1.54) is 0 Å². The van der Waals surface area contributed by atoms with E-state index in [0.29, 0.717) is 0 Å². The molecular weight excluding hydrogens is 226 g/mol. The standard InChI is InChI=1S/C14H21N3O/c1-15-13-8-5-9-17(14(13)18)12-7-4-6-11(10-12)16(2)3/h4,6-7,10,13,15H,5,8-9H2,1-3H3. The smallest absolute Gasteiger partial charge is 0.244 e. The number of carbonyl (C=O) groups excluding carboxylic acids is 1. The number of piperidine rings is 1. The summed E-state index contributed by atoms with van der Waals surface area (Å²) in [5, 5.41) is 3.09. The van der Waals surface area contributed by atoms with E-state index in [0.717, 1.165) is 30.8 Å². The fraction of sp³-hybridized carbons (Fsp3) is 0.500. The zero-order valence-electron chi connectivity index (χ0n) is 11.3. The lowest BCUT2D eigenvalue weighted by Crippen LogP contribution is -2.49. The summed E-state index contributed by atoms with van der Waals surface area (Å²) in [6.07, 6.45) is 1.97. The average Bonchev–Trinajstić information content (AvgIpc) is 2.39. The largest absolute Gasteiger partial charge is 0.378 e. The van der Waals surface area contributed by atoms with Crippen molar-refractivity contribution in [1.29, 1.82) is 0 Å². The Labute approximate surface area is 109 Å². The highest BCUT2D eigenvalue weighted by atomic mass is 16.2. The maximum absolute atomic E-state index is 12.3. The molecule has 1 amide bonds. The first-order valence-corrected chi connectivity index (χ1v) is 6.39. The summed E-state index contributed by atoms with van der Waals surface area (Å²) in [6, 6.07) is 8.08. The van der Waals surface area contributed by atoms with Crippen LogP contribution in [0.4, 0.5) is 11.4 Å². The third kappa shape index (κ3) is 2.48. The number of anilines is 2. The molecule has 1 N–H and O–H groups in total. The Kier molecular flexibility index (Phi) is 3.87. The Morgan fingerprint density at radius 1 is 1.39 bits per heavy atom. The highest BCUT2D eigenvalue weighted by Gasteiger charge is 2.28. The Morgan fingerprint density at radius 3 is 2.83 bits per heavy atom. The Hall–Kier alpha value is -1.55. The second-order valence-corrected chi connectivity index (χ2v) is 4.89. The Morgan fingerprint density at radius 2 is 2.17 bits per heavy atom. The summed E-state index contributed by atoms with van der Waals surface area (Å²) in [5.41, 5.74) is 2.11. The average molecular weight is 247 g/mol. The molecule has 0 bridgehead atoms. The van der Waals surface area contributed by atoms with Crippen LogP contribution < -0.4 is 15.1 Å². The molecule has 0 aliphatic carbocycles. The molecule has 1 aromatic carbocycles. The molecule has 1 fully saturated rings. The van der Waals surface area contributed by atoms with Crippen molar-refractivity contribution in [2.45, 2.75) is 18.9 Å². The van der Waals surface area contributed by atoms with Gasteiger partial charge in [-0.15, -0.1) is 0 Å². The van der Waals surface area contributed by atoms with Gasteiger partial charge in [0.15, 0.2) is 0 Å². The van der Waals surface area contributed by atoms with Gasteiger partial charge in [0.05, 0.1) is 6.04 Å². The fourth-order valence-electron chi connectivity index (χ4n) is 2.34. The van der Waals surface area contributed by atoms with Crippen molar-refractivity contribution in [3.63, 3.8) is 0 Å². The van der Waals surface area contributed by atoms with Crippen LogP contribution >= 0.6 is 0 Å². The van der Waals surface area contributed by atoms with E-state index in [2.05, 4.69) is 11.4 Å². The molecule has 18 heavy (non-hydrogen) atoms. The van der Waals surface area contributed by atoms with E-state index in [1.54, 1.807) is 0 Å². The van der Waals surface area contributed by atoms with E-state index in [1.807, 2.05) is 49.1 Å². The maximum atomic E-state index is 12.3. The summed E-state index contributed by atoms with van der Waals surface area (Å²) in [7, 11) is 5.86. The van der Waals surface area contributed by atoms with Gasteiger partial charge < -0.3 is 15.1 Å². The summed E-state index contributed by atoms with van der Waals surface area (Å²) < 4.78 is 0. The molecule has 0 aromatic heterocycles. The molecule has 1 saturated heterocycles. The maximum Gasteiger partial charge on any atom is 0.244 e. The van der Waals surface area contributed by atoms with Gasteiger partial charge in [-0.05, 0) is 38.1 Å². The summed E-state index contributed by atoms with van der Waals surface area (Å²) >= 11 is 0. The van der Waals surface area contributed by atoms with E-state index >= 15 is 0 Å². The van der Waals surface area contributed by atoms with Gasteiger partial charge in [0.25, 0.3) is 0 Å². The number of benzene rings is 1. The lowest BCUT2D eigenvalue weighted by Gasteiger charge is -2.32. The molecule has 4 nitrogen and oxygen atoms in total. The lowest BCUT2D eigenvalue weighted by molar-refractivity contribution is -0.121. The van der Waals surface area contributed by atoms with Crippen LogP contribution in [0.15, 0.2) is 24.3 Å². The summed E-state index contributed by atoms with van der Waals surface area (Å²) in [6.45, 7) is 0.813. The van der Waals surface area contributed by atoms with Crippen molar-refractivity contribution in [1.82, 2.24) is 5.32 Å².